The van der Waals surface area contributed by atoms with Gasteiger partial charge in [0.2, 0.25) is 0 Å². The Morgan fingerprint density at radius 3 is 2.36 bits per heavy atom. The van der Waals surface area contributed by atoms with Crippen molar-refractivity contribution in [2.75, 3.05) is 13.1 Å². The number of carbonyl (C=O) groups is 2. The highest BCUT2D eigenvalue weighted by atomic mass is 16.4. The molecule has 0 radical (unpaired) electrons. The summed E-state index contributed by atoms with van der Waals surface area (Å²) in [6, 6.07) is 0. The topological polar surface area (TPSA) is 98.1 Å². The molecule has 1 atom stereocenters. The molecule has 1 amide bonds. The summed E-state index contributed by atoms with van der Waals surface area (Å²) in [5.74, 6) is -2.06. The maximum Gasteiger partial charge on any atom is 0.407 e. The van der Waals surface area contributed by atoms with Crippen LogP contribution in [0.2, 0.25) is 0 Å². The molecule has 0 bridgehead atoms. The van der Waals surface area contributed by atoms with Crippen LogP contribution >= 0.6 is 0 Å². The lowest BCUT2D eigenvalue weighted by molar-refractivity contribution is -0.133. The van der Waals surface area contributed by atoms with Crippen molar-refractivity contribution in [3.8, 4) is 0 Å². The van der Waals surface area contributed by atoms with Crippen LogP contribution in [0.15, 0.2) is 11.3 Å². The number of rotatable bonds is 1. The highest BCUT2D eigenvalue weighted by molar-refractivity contribution is 5.88. The molecule has 0 fully saturated rings. The van der Waals surface area contributed by atoms with Crippen LogP contribution in [0.4, 0.5) is 4.79 Å². The first-order valence-electron chi connectivity index (χ1n) is 4.06. The molecule has 1 heterocycles. The number of nitrogens with zero attached hydrogens (tertiary/aromatic N) is 1. The second-order valence-corrected chi connectivity index (χ2v) is 3.23. The molecule has 0 aromatic carbocycles. The Kier molecular flexibility index (Phi) is 2.64. The van der Waals surface area contributed by atoms with Gasteiger partial charge in [0.1, 0.15) is 5.76 Å². The lowest BCUT2D eigenvalue weighted by Crippen LogP contribution is -2.41. The fraction of sp³-hybridized carbons (Fsp3) is 0.500. The van der Waals surface area contributed by atoms with Crippen LogP contribution in [-0.4, -0.2) is 45.4 Å². The number of carboxylic acids is 1. The van der Waals surface area contributed by atoms with Gasteiger partial charge in [-0.2, -0.15) is 0 Å². The predicted octanol–water partition coefficient (Wildman–Crippen LogP) is 0.513. The Bertz CT molecular complexity index is 309. The van der Waals surface area contributed by atoms with E-state index in [9.17, 15) is 14.7 Å². The van der Waals surface area contributed by atoms with Gasteiger partial charge in [0, 0.05) is 12.5 Å². The molecular formula is C8H11NO5. The first-order valence-corrected chi connectivity index (χ1v) is 4.06. The zero-order valence-corrected chi connectivity index (χ0v) is 7.60. The standard InChI is InChI=1S/C8H11NO5/c1-4-2-9(8(13)14)3-5(10)6(4)7(11)12/h4,10H,2-3H2,1H3,(H,11,12)(H,13,14). The Morgan fingerprint density at radius 2 is 2.00 bits per heavy atom. The van der Waals surface area contributed by atoms with Crippen LogP contribution in [0.1, 0.15) is 6.92 Å². The first-order chi connectivity index (χ1) is 6.43. The van der Waals surface area contributed by atoms with Gasteiger partial charge in [0.15, 0.2) is 0 Å². The Labute approximate surface area is 80.1 Å². The number of aliphatic carboxylic acids is 1. The fourth-order valence-corrected chi connectivity index (χ4v) is 1.52. The molecule has 1 unspecified atom stereocenters. The lowest BCUT2D eigenvalue weighted by Gasteiger charge is -2.28. The van der Waals surface area contributed by atoms with Gasteiger partial charge in [0.05, 0.1) is 12.1 Å². The highest BCUT2D eigenvalue weighted by Gasteiger charge is 2.31. The molecule has 0 aromatic rings. The summed E-state index contributed by atoms with van der Waals surface area (Å²) in [5, 5.41) is 26.7. The SMILES string of the molecule is CC1CN(C(=O)O)CC(O)=C1C(=O)O. The summed E-state index contributed by atoms with van der Waals surface area (Å²) in [6.07, 6.45) is -1.16. The van der Waals surface area contributed by atoms with E-state index in [-0.39, 0.29) is 24.4 Å². The van der Waals surface area contributed by atoms with E-state index in [1.807, 2.05) is 0 Å². The van der Waals surface area contributed by atoms with Gasteiger partial charge in [-0.3, -0.25) is 0 Å². The Morgan fingerprint density at radius 1 is 1.43 bits per heavy atom. The minimum atomic E-state index is -1.19. The van der Waals surface area contributed by atoms with E-state index in [0.29, 0.717) is 0 Å². The number of carboxylic acid groups (broad SMARTS) is 2. The minimum Gasteiger partial charge on any atom is -0.510 e. The molecule has 1 aliphatic heterocycles. The normalized spacial score (nSPS) is 22.4. The third-order valence-electron chi connectivity index (χ3n) is 2.14. The molecule has 1 aliphatic rings. The first kappa shape index (κ1) is 10.4. The predicted molar refractivity (Wildman–Crippen MR) is 46.1 cm³/mol. The van der Waals surface area contributed by atoms with Crippen molar-refractivity contribution in [1.82, 2.24) is 4.90 Å². The number of aliphatic hydroxyl groups excluding tert-OH is 1. The molecule has 3 N–H and O–H groups in total. The van der Waals surface area contributed by atoms with Gasteiger partial charge in [-0.15, -0.1) is 0 Å². The second kappa shape index (κ2) is 3.57. The summed E-state index contributed by atoms with van der Waals surface area (Å²) < 4.78 is 0. The minimum absolute atomic E-state index is 0.0949. The molecule has 6 heteroatoms. The van der Waals surface area contributed by atoms with Crippen LogP contribution in [-0.2, 0) is 4.79 Å². The monoisotopic (exact) mass is 201 g/mol. The molecule has 0 saturated heterocycles. The quantitative estimate of drug-likeness (QED) is 0.574. The van der Waals surface area contributed by atoms with Crippen molar-refractivity contribution >= 4 is 12.1 Å². The second-order valence-electron chi connectivity index (χ2n) is 3.23. The smallest absolute Gasteiger partial charge is 0.407 e. The van der Waals surface area contributed by atoms with Crippen LogP contribution in [0.25, 0.3) is 0 Å². The molecule has 0 aliphatic carbocycles. The number of hydrogen-bond donors (Lipinski definition) is 3. The zero-order valence-electron chi connectivity index (χ0n) is 7.60. The van der Waals surface area contributed by atoms with Crippen LogP contribution in [0.3, 0.4) is 0 Å². The van der Waals surface area contributed by atoms with Gasteiger partial charge in [-0.1, -0.05) is 6.92 Å². The van der Waals surface area contributed by atoms with E-state index in [2.05, 4.69) is 0 Å². The molecule has 6 nitrogen and oxygen atoms in total. The number of hydrogen-bond acceptors (Lipinski definition) is 3. The van der Waals surface area contributed by atoms with Crippen LogP contribution < -0.4 is 0 Å². The van der Waals surface area contributed by atoms with Crippen molar-refractivity contribution in [3.05, 3.63) is 11.3 Å². The van der Waals surface area contributed by atoms with Crippen molar-refractivity contribution in [2.24, 2.45) is 5.92 Å². The summed E-state index contributed by atoms with van der Waals surface area (Å²) in [4.78, 5) is 22.2. The molecule has 78 valence electrons. The van der Waals surface area contributed by atoms with E-state index in [0.717, 1.165) is 4.90 Å². The average molecular weight is 201 g/mol. The van der Waals surface area contributed by atoms with Crippen molar-refractivity contribution in [1.29, 1.82) is 0 Å². The average Bonchev–Trinajstić information content (AvgIpc) is 2.01. The molecule has 14 heavy (non-hydrogen) atoms. The van der Waals surface area contributed by atoms with Gasteiger partial charge >= 0.3 is 12.1 Å². The third-order valence-corrected chi connectivity index (χ3v) is 2.14. The number of aliphatic hydroxyl groups is 1. The fourth-order valence-electron chi connectivity index (χ4n) is 1.52. The van der Waals surface area contributed by atoms with Crippen molar-refractivity contribution < 1.29 is 24.9 Å². The largest absolute Gasteiger partial charge is 0.510 e. The summed E-state index contributed by atoms with van der Waals surface area (Å²) in [6.45, 7) is 1.41. The summed E-state index contributed by atoms with van der Waals surface area (Å²) >= 11 is 0. The Hall–Kier alpha value is -1.72. The molecule has 1 rings (SSSR count). The molecular weight excluding hydrogens is 190 g/mol. The molecule has 0 saturated carbocycles. The third kappa shape index (κ3) is 1.78. The van der Waals surface area contributed by atoms with E-state index < -0.39 is 18.0 Å². The summed E-state index contributed by atoms with van der Waals surface area (Å²) in [5.41, 5.74) is -0.0949. The van der Waals surface area contributed by atoms with Gasteiger partial charge in [-0.25, -0.2) is 9.59 Å². The van der Waals surface area contributed by atoms with Crippen molar-refractivity contribution in [2.45, 2.75) is 6.92 Å². The lowest BCUT2D eigenvalue weighted by atomic mass is 9.96. The van der Waals surface area contributed by atoms with Gasteiger partial charge in [0.25, 0.3) is 0 Å². The van der Waals surface area contributed by atoms with Gasteiger partial charge in [-0.05, 0) is 0 Å². The maximum atomic E-state index is 10.7. The molecule has 0 spiro atoms. The maximum absolute atomic E-state index is 10.7. The van der Waals surface area contributed by atoms with E-state index >= 15 is 0 Å². The van der Waals surface area contributed by atoms with Crippen molar-refractivity contribution in [3.63, 3.8) is 0 Å². The van der Waals surface area contributed by atoms with Gasteiger partial charge < -0.3 is 20.2 Å². The number of amides is 1. The summed E-state index contributed by atoms with van der Waals surface area (Å²) in [7, 11) is 0. The zero-order chi connectivity index (χ0) is 10.9. The van der Waals surface area contributed by atoms with Crippen LogP contribution in [0, 0.1) is 5.92 Å². The Balaban J connectivity index is 2.94. The van der Waals surface area contributed by atoms with Crippen LogP contribution in [0.5, 0.6) is 0 Å². The van der Waals surface area contributed by atoms with E-state index in [1.54, 1.807) is 6.92 Å². The van der Waals surface area contributed by atoms with E-state index in [1.165, 1.54) is 0 Å². The molecule has 0 aromatic heterocycles. The van der Waals surface area contributed by atoms with E-state index in [4.69, 9.17) is 10.2 Å². The highest BCUT2D eigenvalue weighted by Crippen LogP contribution is 2.22.